The summed E-state index contributed by atoms with van der Waals surface area (Å²) in [6.45, 7) is 8.16. The predicted octanol–water partition coefficient (Wildman–Crippen LogP) is 5.56. The lowest BCUT2D eigenvalue weighted by Gasteiger charge is -2.16. The van der Waals surface area contributed by atoms with Gasteiger partial charge in [-0.25, -0.2) is 4.79 Å². The van der Waals surface area contributed by atoms with Gasteiger partial charge in [-0.2, -0.15) is 0 Å². The fourth-order valence-electron chi connectivity index (χ4n) is 3.37. The van der Waals surface area contributed by atoms with Crippen LogP contribution in [0.15, 0.2) is 60.3 Å². The van der Waals surface area contributed by atoms with Gasteiger partial charge in [0, 0.05) is 17.3 Å². The largest absolute Gasteiger partial charge is 0.462 e. The number of nitrogens with zero attached hydrogens (tertiary/aromatic N) is 3. The number of anilines is 1. The van der Waals surface area contributed by atoms with Crippen molar-refractivity contribution in [3.63, 3.8) is 0 Å². The summed E-state index contributed by atoms with van der Waals surface area (Å²) in [5.41, 5.74) is 1.12. The van der Waals surface area contributed by atoms with Crippen molar-refractivity contribution in [1.82, 2.24) is 20.1 Å². The smallest absolute Gasteiger partial charge is 0.338 e. The number of amides is 2. The Balaban J connectivity index is 1.64. The van der Waals surface area contributed by atoms with E-state index in [-0.39, 0.29) is 28.2 Å². The summed E-state index contributed by atoms with van der Waals surface area (Å²) in [5, 5.41) is 15.2. The van der Waals surface area contributed by atoms with Gasteiger partial charge in [-0.3, -0.25) is 9.59 Å². The SMILES string of the molecule is C=CCn1c(SCC(=O)Nc2cccc(C(=O)OCCC)c2)nnc1C(C)NC(=O)c1ccc(Cl)cc1Cl. The Morgan fingerprint density at radius 2 is 1.97 bits per heavy atom. The Labute approximate surface area is 234 Å². The number of rotatable bonds is 12. The van der Waals surface area contributed by atoms with E-state index < -0.39 is 12.0 Å². The van der Waals surface area contributed by atoms with Crippen molar-refractivity contribution in [2.45, 2.75) is 38.0 Å². The van der Waals surface area contributed by atoms with Crippen LogP contribution in [-0.2, 0) is 16.1 Å². The zero-order chi connectivity index (χ0) is 27.7. The van der Waals surface area contributed by atoms with Crippen molar-refractivity contribution < 1.29 is 19.1 Å². The zero-order valence-corrected chi connectivity index (χ0v) is 23.2. The summed E-state index contributed by atoms with van der Waals surface area (Å²) in [7, 11) is 0. The molecule has 2 N–H and O–H groups in total. The lowest BCUT2D eigenvalue weighted by atomic mass is 10.2. The van der Waals surface area contributed by atoms with E-state index in [0.717, 1.165) is 6.42 Å². The first-order chi connectivity index (χ1) is 18.2. The average Bonchev–Trinajstić information content (AvgIpc) is 3.29. The number of carbonyl (C=O) groups is 3. The van der Waals surface area contributed by atoms with Gasteiger partial charge in [0.1, 0.15) is 0 Å². The summed E-state index contributed by atoms with van der Waals surface area (Å²) in [4.78, 5) is 37.4. The fourth-order valence-corrected chi connectivity index (χ4v) is 4.62. The van der Waals surface area contributed by atoms with Crippen LogP contribution in [0.3, 0.4) is 0 Å². The van der Waals surface area contributed by atoms with Crippen LogP contribution in [0.4, 0.5) is 5.69 Å². The van der Waals surface area contributed by atoms with Gasteiger partial charge in [0.2, 0.25) is 5.91 Å². The number of halogens is 2. The minimum atomic E-state index is -0.514. The average molecular weight is 577 g/mol. The third-order valence-electron chi connectivity index (χ3n) is 5.12. The van der Waals surface area contributed by atoms with Crippen LogP contribution in [0.1, 0.15) is 52.9 Å². The first kappa shape index (κ1) is 29.2. The van der Waals surface area contributed by atoms with Crippen LogP contribution in [0.2, 0.25) is 10.0 Å². The normalized spacial score (nSPS) is 11.5. The van der Waals surface area contributed by atoms with E-state index in [4.69, 9.17) is 27.9 Å². The molecule has 0 spiro atoms. The maximum absolute atomic E-state index is 12.7. The number of benzene rings is 2. The van der Waals surface area contributed by atoms with Crippen LogP contribution < -0.4 is 10.6 Å². The number of hydrogen-bond donors (Lipinski definition) is 2. The van der Waals surface area contributed by atoms with E-state index in [1.165, 1.54) is 17.8 Å². The van der Waals surface area contributed by atoms with Gasteiger partial charge in [-0.05, 0) is 49.7 Å². The second-order valence-electron chi connectivity index (χ2n) is 8.11. The molecular formula is C26H27Cl2N5O4S. The molecular weight excluding hydrogens is 549 g/mol. The number of ether oxygens (including phenoxy) is 1. The first-order valence-corrected chi connectivity index (χ1v) is 13.5. The molecule has 0 radical (unpaired) electrons. The summed E-state index contributed by atoms with van der Waals surface area (Å²) >= 11 is 13.3. The van der Waals surface area contributed by atoms with Gasteiger partial charge in [-0.1, -0.05) is 54.0 Å². The summed E-state index contributed by atoms with van der Waals surface area (Å²) < 4.78 is 6.91. The lowest BCUT2D eigenvalue weighted by Crippen LogP contribution is -2.29. The summed E-state index contributed by atoms with van der Waals surface area (Å²) in [5.74, 6) is -0.586. The molecule has 3 rings (SSSR count). The minimum Gasteiger partial charge on any atom is -0.462 e. The second kappa shape index (κ2) is 14.0. The maximum atomic E-state index is 12.7. The molecule has 1 unspecified atom stereocenters. The van der Waals surface area contributed by atoms with E-state index in [1.807, 2.05) is 6.92 Å². The van der Waals surface area contributed by atoms with Crippen molar-refractivity contribution in [1.29, 1.82) is 0 Å². The fraction of sp³-hybridized carbons (Fsp3) is 0.269. The van der Waals surface area contributed by atoms with Crippen LogP contribution in [0.5, 0.6) is 0 Å². The molecule has 0 saturated carbocycles. The van der Waals surface area contributed by atoms with Crippen LogP contribution in [0.25, 0.3) is 0 Å². The van der Waals surface area contributed by atoms with Gasteiger partial charge < -0.3 is 19.9 Å². The van der Waals surface area contributed by atoms with Crippen molar-refractivity contribution in [2.24, 2.45) is 0 Å². The van der Waals surface area contributed by atoms with Crippen LogP contribution >= 0.6 is 35.0 Å². The number of carbonyl (C=O) groups excluding carboxylic acids is 3. The molecule has 0 aliphatic heterocycles. The molecule has 2 aromatic carbocycles. The topological polar surface area (TPSA) is 115 Å². The van der Waals surface area contributed by atoms with E-state index in [2.05, 4.69) is 27.4 Å². The maximum Gasteiger partial charge on any atom is 0.338 e. The number of thioether (sulfide) groups is 1. The molecule has 38 heavy (non-hydrogen) atoms. The predicted molar refractivity (Wildman–Crippen MR) is 149 cm³/mol. The van der Waals surface area contributed by atoms with Gasteiger partial charge in [0.15, 0.2) is 11.0 Å². The van der Waals surface area contributed by atoms with E-state index in [0.29, 0.717) is 40.4 Å². The molecule has 0 fully saturated rings. The monoisotopic (exact) mass is 575 g/mol. The zero-order valence-electron chi connectivity index (χ0n) is 20.9. The Morgan fingerprint density at radius 3 is 2.68 bits per heavy atom. The molecule has 1 heterocycles. The molecule has 1 aromatic heterocycles. The molecule has 0 bridgehead atoms. The standard InChI is InChI=1S/C26H27Cl2N5O4S/c1-4-11-33-23(16(3)29-24(35)20-10-9-18(27)14-21(20)28)31-32-26(33)38-15-22(34)30-19-8-6-7-17(13-19)25(36)37-12-5-2/h4,6-10,13-14,16H,1,5,11-12,15H2,2-3H3,(H,29,35)(H,30,34). The highest BCUT2D eigenvalue weighted by molar-refractivity contribution is 7.99. The first-order valence-electron chi connectivity index (χ1n) is 11.7. The molecule has 0 aliphatic carbocycles. The highest BCUT2D eigenvalue weighted by atomic mass is 35.5. The van der Waals surface area contributed by atoms with Crippen molar-refractivity contribution in [3.05, 3.63) is 82.1 Å². The van der Waals surface area contributed by atoms with Crippen LogP contribution in [0, 0.1) is 0 Å². The van der Waals surface area contributed by atoms with E-state index in [1.54, 1.807) is 54.0 Å². The number of aromatic nitrogens is 3. The van der Waals surface area contributed by atoms with Gasteiger partial charge in [-0.15, -0.1) is 16.8 Å². The highest BCUT2D eigenvalue weighted by Gasteiger charge is 2.21. The lowest BCUT2D eigenvalue weighted by molar-refractivity contribution is -0.113. The van der Waals surface area contributed by atoms with Crippen molar-refractivity contribution >= 4 is 58.4 Å². The van der Waals surface area contributed by atoms with Gasteiger partial charge in [0.25, 0.3) is 5.91 Å². The second-order valence-corrected chi connectivity index (χ2v) is 9.90. The van der Waals surface area contributed by atoms with Crippen molar-refractivity contribution in [2.75, 3.05) is 17.7 Å². The molecule has 200 valence electrons. The minimum absolute atomic E-state index is 0.0426. The number of allylic oxidation sites excluding steroid dienone is 1. The molecule has 1 atom stereocenters. The molecule has 2 amide bonds. The third-order valence-corrected chi connectivity index (χ3v) is 6.63. The molecule has 0 aliphatic rings. The Kier molecular flexibility index (Phi) is 10.8. The molecule has 3 aromatic rings. The third kappa shape index (κ3) is 7.83. The molecule has 12 heteroatoms. The number of esters is 1. The Morgan fingerprint density at radius 1 is 1.18 bits per heavy atom. The highest BCUT2D eigenvalue weighted by Crippen LogP contribution is 2.24. The molecule has 0 saturated heterocycles. The van der Waals surface area contributed by atoms with E-state index >= 15 is 0 Å². The van der Waals surface area contributed by atoms with Crippen molar-refractivity contribution in [3.8, 4) is 0 Å². The van der Waals surface area contributed by atoms with Gasteiger partial charge in [0.05, 0.1) is 34.6 Å². The summed E-state index contributed by atoms with van der Waals surface area (Å²) in [6, 6.07) is 10.7. The number of nitrogens with one attached hydrogen (secondary N) is 2. The van der Waals surface area contributed by atoms with Gasteiger partial charge >= 0.3 is 5.97 Å². The molecule has 9 nitrogen and oxygen atoms in total. The van der Waals surface area contributed by atoms with Crippen LogP contribution in [-0.4, -0.2) is 44.9 Å². The van der Waals surface area contributed by atoms with E-state index in [9.17, 15) is 14.4 Å². The summed E-state index contributed by atoms with van der Waals surface area (Å²) in [6.07, 6.45) is 2.39. The number of hydrogen-bond acceptors (Lipinski definition) is 7. The quantitative estimate of drug-likeness (QED) is 0.165. The Bertz CT molecular complexity index is 1330. The Hall–Kier alpha value is -3.34.